The Bertz CT molecular complexity index is 1050. The molecule has 29 heavy (non-hydrogen) atoms. The van der Waals surface area contributed by atoms with Crippen molar-refractivity contribution in [2.24, 2.45) is 0 Å². The van der Waals surface area contributed by atoms with Crippen LogP contribution in [0, 0.1) is 18.8 Å². The van der Waals surface area contributed by atoms with Crippen molar-refractivity contribution in [3.05, 3.63) is 89.1 Å². The summed E-state index contributed by atoms with van der Waals surface area (Å²) < 4.78 is 28.5. The Hall–Kier alpha value is -2.77. The lowest BCUT2D eigenvalue weighted by Crippen LogP contribution is -2.31. The second kappa shape index (κ2) is 9.62. The Labute approximate surface area is 174 Å². The van der Waals surface area contributed by atoms with E-state index in [1.54, 1.807) is 12.1 Å². The van der Waals surface area contributed by atoms with Crippen LogP contribution in [0.15, 0.2) is 82.9 Å². The average Bonchev–Trinajstić information content (AvgIpc) is 2.94. The number of rotatable bonds is 4. The molecule has 0 radical (unpaired) electrons. The van der Waals surface area contributed by atoms with Crippen molar-refractivity contribution in [3.8, 4) is 11.8 Å². The maximum Gasteiger partial charge on any atom is 0.264 e. The quantitative estimate of drug-likeness (QED) is 0.502. The van der Waals surface area contributed by atoms with E-state index in [0.29, 0.717) is 17.1 Å². The molecule has 0 amide bonds. The fraction of sp³-hybridized carbons (Fsp3) is 0.280. The van der Waals surface area contributed by atoms with E-state index in [9.17, 15) is 8.42 Å². The van der Waals surface area contributed by atoms with Crippen molar-refractivity contribution < 1.29 is 8.42 Å². The van der Waals surface area contributed by atoms with E-state index >= 15 is 0 Å². The van der Waals surface area contributed by atoms with Crippen LogP contribution >= 0.6 is 0 Å². The molecule has 4 heteroatoms. The summed E-state index contributed by atoms with van der Waals surface area (Å²) in [5, 5.41) is 0. The molecule has 0 atom stereocenters. The first-order chi connectivity index (χ1) is 14.0. The molecule has 0 unspecified atom stereocenters. The molecule has 150 valence electrons. The van der Waals surface area contributed by atoms with Crippen molar-refractivity contribution in [1.29, 1.82) is 0 Å². The lowest BCUT2D eigenvalue weighted by molar-refractivity contribution is 0.480. The standard InChI is InChI=1S/C25H27NO2S/c1-3-4-12-23-13-8-9-20-26(25(23)19-16-22-10-6-5-7-11-22)29(27,28)24-17-14-21(2)15-18-24/h3-7,10-11,14-15,17-18H,8-9,12-13,20H2,1-2H3. The fourth-order valence-corrected chi connectivity index (χ4v) is 4.86. The van der Waals surface area contributed by atoms with E-state index in [-0.39, 0.29) is 0 Å². The first-order valence-electron chi connectivity index (χ1n) is 10.0. The van der Waals surface area contributed by atoms with Crippen molar-refractivity contribution in [3.63, 3.8) is 0 Å². The van der Waals surface area contributed by atoms with Gasteiger partial charge in [0.05, 0.1) is 4.90 Å². The Morgan fingerprint density at radius 2 is 1.72 bits per heavy atom. The van der Waals surface area contributed by atoms with Gasteiger partial charge in [0.1, 0.15) is 5.70 Å². The molecule has 0 aromatic heterocycles. The summed E-state index contributed by atoms with van der Waals surface area (Å²) >= 11 is 0. The van der Waals surface area contributed by atoms with Gasteiger partial charge in [0.25, 0.3) is 10.0 Å². The van der Waals surface area contributed by atoms with Crippen molar-refractivity contribution in [1.82, 2.24) is 4.31 Å². The van der Waals surface area contributed by atoms with Crippen LogP contribution in [-0.4, -0.2) is 19.3 Å². The number of benzene rings is 2. The van der Waals surface area contributed by atoms with Gasteiger partial charge in [0, 0.05) is 12.1 Å². The van der Waals surface area contributed by atoms with Crippen LogP contribution in [0.3, 0.4) is 0 Å². The fourth-order valence-electron chi connectivity index (χ4n) is 3.34. The van der Waals surface area contributed by atoms with Crippen molar-refractivity contribution in [2.75, 3.05) is 6.54 Å². The first kappa shape index (κ1) is 21.0. The van der Waals surface area contributed by atoms with Gasteiger partial charge >= 0.3 is 0 Å². The first-order valence-corrected chi connectivity index (χ1v) is 11.5. The molecule has 2 aromatic rings. The minimum absolute atomic E-state index is 0.314. The maximum absolute atomic E-state index is 13.5. The van der Waals surface area contributed by atoms with Crippen LogP contribution in [0.4, 0.5) is 0 Å². The van der Waals surface area contributed by atoms with Crippen LogP contribution < -0.4 is 0 Å². The third-order valence-corrected chi connectivity index (χ3v) is 6.80. The zero-order valence-corrected chi connectivity index (χ0v) is 17.9. The number of hydrogen-bond donors (Lipinski definition) is 0. The molecule has 0 N–H and O–H groups in total. The van der Waals surface area contributed by atoms with Gasteiger partial charge in [0.2, 0.25) is 0 Å². The number of sulfonamides is 1. The smallest absolute Gasteiger partial charge is 0.259 e. The molecule has 1 heterocycles. The van der Waals surface area contributed by atoms with E-state index in [4.69, 9.17) is 0 Å². The summed E-state index contributed by atoms with van der Waals surface area (Å²) in [6, 6.07) is 16.7. The normalized spacial score (nSPS) is 15.2. The predicted octanol–water partition coefficient (Wildman–Crippen LogP) is 5.44. The molecule has 0 spiro atoms. The third kappa shape index (κ3) is 5.19. The third-order valence-electron chi connectivity index (χ3n) is 4.98. The van der Waals surface area contributed by atoms with E-state index in [0.717, 1.165) is 42.4 Å². The Kier molecular flexibility index (Phi) is 6.95. The summed E-state index contributed by atoms with van der Waals surface area (Å²) in [7, 11) is -3.66. The van der Waals surface area contributed by atoms with Gasteiger partial charge in [-0.3, -0.25) is 4.31 Å². The van der Waals surface area contributed by atoms with Gasteiger partial charge in [-0.2, -0.15) is 0 Å². The van der Waals surface area contributed by atoms with Gasteiger partial charge < -0.3 is 0 Å². The molecule has 3 rings (SSSR count). The summed E-state index contributed by atoms with van der Waals surface area (Å²) in [5.74, 6) is 6.39. The molecule has 0 fully saturated rings. The van der Waals surface area contributed by atoms with Crippen LogP contribution in [0.25, 0.3) is 0 Å². The molecule has 1 aliphatic heterocycles. The highest BCUT2D eigenvalue weighted by molar-refractivity contribution is 7.89. The van der Waals surface area contributed by atoms with Crippen LogP contribution in [0.1, 0.15) is 43.7 Å². The van der Waals surface area contributed by atoms with Crippen LogP contribution in [-0.2, 0) is 10.0 Å². The minimum Gasteiger partial charge on any atom is -0.259 e. The Morgan fingerprint density at radius 3 is 2.41 bits per heavy atom. The number of hydrogen-bond acceptors (Lipinski definition) is 2. The number of nitrogens with zero attached hydrogens (tertiary/aromatic N) is 1. The molecule has 1 aliphatic rings. The summed E-state index contributed by atoms with van der Waals surface area (Å²) in [4.78, 5) is 0.314. The summed E-state index contributed by atoms with van der Waals surface area (Å²) in [6.07, 6.45) is 7.43. The molecule has 0 bridgehead atoms. The SMILES string of the molecule is CC=CCC1=C(C#Cc2ccccc2)N(S(=O)(=O)c2ccc(C)cc2)CCCC1. The van der Waals surface area contributed by atoms with Gasteiger partial charge in [-0.05, 0) is 75.3 Å². The molecule has 2 aromatic carbocycles. The van der Waals surface area contributed by atoms with E-state index in [2.05, 4.69) is 17.9 Å². The highest BCUT2D eigenvalue weighted by atomic mass is 32.2. The van der Waals surface area contributed by atoms with Crippen LogP contribution in [0.5, 0.6) is 0 Å². The lowest BCUT2D eigenvalue weighted by Gasteiger charge is -2.24. The zero-order chi connectivity index (χ0) is 20.7. The maximum atomic E-state index is 13.5. The van der Waals surface area contributed by atoms with E-state index in [1.807, 2.05) is 62.4 Å². The average molecular weight is 406 g/mol. The molecular formula is C25H27NO2S. The predicted molar refractivity (Wildman–Crippen MR) is 119 cm³/mol. The Balaban J connectivity index is 2.11. The number of aryl methyl sites for hydroxylation is 1. The monoisotopic (exact) mass is 405 g/mol. The highest BCUT2D eigenvalue weighted by Crippen LogP contribution is 2.29. The molecule has 0 saturated carbocycles. The van der Waals surface area contributed by atoms with E-state index in [1.165, 1.54) is 4.31 Å². The molecular weight excluding hydrogens is 378 g/mol. The second-order valence-electron chi connectivity index (χ2n) is 7.19. The zero-order valence-electron chi connectivity index (χ0n) is 17.1. The van der Waals surface area contributed by atoms with Crippen LogP contribution in [0.2, 0.25) is 0 Å². The van der Waals surface area contributed by atoms with Gasteiger partial charge in [-0.1, -0.05) is 54.0 Å². The largest absolute Gasteiger partial charge is 0.264 e. The Morgan fingerprint density at radius 1 is 1.00 bits per heavy atom. The number of allylic oxidation sites excluding steroid dienone is 4. The molecule has 3 nitrogen and oxygen atoms in total. The lowest BCUT2D eigenvalue weighted by atomic mass is 10.0. The van der Waals surface area contributed by atoms with Gasteiger partial charge in [0.15, 0.2) is 0 Å². The second-order valence-corrected chi connectivity index (χ2v) is 9.05. The molecule has 0 saturated heterocycles. The van der Waals surface area contributed by atoms with Crippen molar-refractivity contribution >= 4 is 10.0 Å². The van der Waals surface area contributed by atoms with Gasteiger partial charge in [-0.25, -0.2) is 8.42 Å². The summed E-state index contributed by atoms with van der Waals surface area (Å²) in [6.45, 7) is 4.38. The summed E-state index contributed by atoms with van der Waals surface area (Å²) in [5.41, 5.74) is 3.63. The molecule has 0 aliphatic carbocycles. The minimum atomic E-state index is -3.66. The van der Waals surface area contributed by atoms with Gasteiger partial charge in [-0.15, -0.1) is 0 Å². The highest BCUT2D eigenvalue weighted by Gasteiger charge is 2.29. The topological polar surface area (TPSA) is 37.4 Å². The van der Waals surface area contributed by atoms with Crippen molar-refractivity contribution in [2.45, 2.75) is 44.4 Å². The van der Waals surface area contributed by atoms with E-state index < -0.39 is 10.0 Å².